The van der Waals surface area contributed by atoms with Gasteiger partial charge in [0.1, 0.15) is 0 Å². The third-order valence-corrected chi connectivity index (χ3v) is 1.73. The second-order valence-electron chi connectivity index (χ2n) is 2.28. The molecule has 0 aromatic rings. The first-order valence-corrected chi connectivity index (χ1v) is 3.52. The van der Waals surface area contributed by atoms with Crippen LogP contribution in [0.5, 0.6) is 0 Å². The van der Waals surface area contributed by atoms with Gasteiger partial charge in [-0.1, -0.05) is 19.1 Å². The van der Waals surface area contributed by atoms with E-state index < -0.39 is 0 Å². The second-order valence-corrected chi connectivity index (χ2v) is 2.48. The van der Waals surface area contributed by atoms with Crippen molar-refractivity contribution in [1.29, 1.82) is 0 Å². The summed E-state index contributed by atoms with van der Waals surface area (Å²) >= 11 is 3.82. The van der Waals surface area contributed by atoms with E-state index in [0.29, 0.717) is 11.6 Å². The van der Waals surface area contributed by atoms with Crippen molar-refractivity contribution in [3.8, 4) is 0 Å². The lowest BCUT2D eigenvalue weighted by Gasteiger charge is -2.12. The van der Waals surface area contributed by atoms with E-state index in [2.05, 4.69) is 17.2 Å². The molecule has 2 N–H and O–H groups in total. The minimum atomic E-state index is 0.294. The van der Waals surface area contributed by atoms with Gasteiger partial charge >= 0.3 is 0 Å². The molecule has 1 rings (SSSR count). The van der Waals surface area contributed by atoms with Crippen molar-refractivity contribution in [3.05, 3.63) is 23.9 Å². The third kappa shape index (κ3) is 1.24. The first-order valence-electron chi connectivity index (χ1n) is 3.12. The Morgan fingerprint density at radius 1 is 1.70 bits per heavy atom. The zero-order valence-electron chi connectivity index (χ0n) is 5.78. The fraction of sp³-hybridized carbons (Fsp3) is 0.286. The van der Waals surface area contributed by atoms with E-state index in [0.717, 1.165) is 5.71 Å². The van der Waals surface area contributed by atoms with Crippen LogP contribution >= 0.6 is 12.8 Å². The normalized spacial score (nSPS) is 28.8. The van der Waals surface area contributed by atoms with Crippen molar-refractivity contribution < 1.29 is 0 Å². The Balaban J connectivity index is 2.93. The van der Waals surface area contributed by atoms with Crippen LogP contribution in [0.15, 0.2) is 28.3 Å². The summed E-state index contributed by atoms with van der Waals surface area (Å²) in [6.07, 6.45) is 5.79. The van der Waals surface area contributed by atoms with Crippen molar-refractivity contribution in [1.82, 2.24) is 0 Å². The third-order valence-electron chi connectivity index (χ3n) is 1.51. The number of nitrogens with two attached hydrogens (primary N) is 1. The summed E-state index contributed by atoms with van der Waals surface area (Å²) in [5.41, 5.74) is 7.18. The van der Waals surface area contributed by atoms with Gasteiger partial charge in [-0.3, -0.25) is 0 Å². The SMILES string of the molecule is CC1C=CC=C(N)C1=NS. The fourth-order valence-corrected chi connectivity index (χ4v) is 1.21. The first kappa shape index (κ1) is 7.41. The van der Waals surface area contributed by atoms with Gasteiger partial charge in [-0.25, -0.2) is 4.40 Å². The summed E-state index contributed by atoms with van der Waals surface area (Å²) in [6, 6.07) is 0. The molecule has 0 radical (unpaired) electrons. The predicted molar refractivity (Wildman–Crippen MR) is 47.0 cm³/mol. The number of nitrogens with zero attached hydrogens (tertiary/aromatic N) is 1. The maximum Gasteiger partial charge on any atom is 0.0778 e. The van der Waals surface area contributed by atoms with E-state index in [1.165, 1.54) is 0 Å². The minimum absolute atomic E-state index is 0.294. The Morgan fingerprint density at radius 2 is 2.40 bits per heavy atom. The van der Waals surface area contributed by atoms with Crippen LogP contribution in [-0.2, 0) is 0 Å². The quantitative estimate of drug-likeness (QED) is 0.507. The molecule has 0 spiro atoms. The van der Waals surface area contributed by atoms with E-state index >= 15 is 0 Å². The van der Waals surface area contributed by atoms with E-state index in [4.69, 9.17) is 5.73 Å². The van der Waals surface area contributed by atoms with E-state index in [-0.39, 0.29) is 0 Å². The van der Waals surface area contributed by atoms with Crippen LogP contribution in [0.2, 0.25) is 0 Å². The maximum atomic E-state index is 5.61. The van der Waals surface area contributed by atoms with Gasteiger partial charge in [-0.15, -0.1) is 0 Å². The molecule has 0 aromatic carbocycles. The van der Waals surface area contributed by atoms with Crippen LogP contribution in [0.3, 0.4) is 0 Å². The van der Waals surface area contributed by atoms with Gasteiger partial charge in [-0.2, -0.15) is 0 Å². The first-order chi connectivity index (χ1) is 4.75. The molecule has 0 fully saturated rings. The van der Waals surface area contributed by atoms with E-state index in [9.17, 15) is 0 Å². The fourth-order valence-electron chi connectivity index (χ4n) is 0.914. The highest BCUT2D eigenvalue weighted by molar-refractivity contribution is 7.79. The molecule has 2 nitrogen and oxygen atoms in total. The minimum Gasteiger partial charge on any atom is -0.397 e. The molecular formula is C7H10N2S. The Morgan fingerprint density at radius 3 is 2.80 bits per heavy atom. The molecule has 1 aliphatic rings. The molecule has 0 amide bonds. The molecule has 0 bridgehead atoms. The van der Waals surface area contributed by atoms with E-state index in [1.54, 1.807) is 0 Å². The highest BCUT2D eigenvalue weighted by Gasteiger charge is 2.11. The Hall–Kier alpha value is -0.700. The van der Waals surface area contributed by atoms with E-state index in [1.807, 2.05) is 25.2 Å². The van der Waals surface area contributed by atoms with Crippen LogP contribution in [0.1, 0.15) is 6.92 Å². The summed E-state index contributed by atoms with van der Waals surface area (Å²) in [5, 5.41) is 0. The molecule has 1 atom stereocenters. The topological polar surface area (TPSA) is 38.4 Å². The Kier molecular flexibility index (Phi) is 2.17. The largest absolute Gasteiger partial charge is 0.397 e. The van der Waals surface area contributed by atoms with Crippen molar-refractivity contribution in [3.63, 3.8) is 0 Å². The van der Waals surface area contributed by atoms with Crippen LogP contribution in [-0.4, -0.2) is 5.71 Å². The molecule has 0 aliphatic heterocycles. The van der Waals surface area contributed by atoms with Gasteiger partial charge < -0.3 is 5.73 Å². The van der Waals surface area contributed by atoms with Gasteiger partial charge in [-0.05, 0) is 18.9 Å². The van der Waals surface area contributed by atoms with Crippen molar-refractivity contribution in [2.75, 3.05) is 0 Å². The summed E-state index contributed by atoms with van der Waals surface area (Å²) in [7, 11) is 0. The maximum absolute atomic E-state index is 5.61. The monoisotopic (exact) mass is 154 g/mol. The van der Waals surface area contributed by atoms with Gasteiger partial charge in [0.25, 0.3) is 0 Å². The molecule has 1 unspecified atom stereocenters. The summed E-state index contributed by atoms with van der Waals surface area (Å²) in [6.45, 7) is 2.03. The van der Waals surface area contributed by atoms with Crippen molar-refractivity contribution >= 4 is 18.5 Å². The molecule has 10 heavy (non-hydrogen) atoms. The van der Waals surface area contributed by atoms with Gasteiger partial charge in [0.05, 0.1) is 11.4 Å². The van der Waals surface area contributed by atoms with Crippen LogP contribution in [0.25, 0.3) is 0 Å². The lowest BCUT2D eigenvalue weighted by molar-refractivity contribution is 0.984. The van der Waals surface area contributed by atoms with Gasteiger partial charge in [0.2, 0.25) is 0 Å². The smallest absolute Gasteiger partial charge is 0.0778 e. The molecule has 3 heteroatoms. The summed E-state index contributed by atoms with van der Waals surface area (Å²) in [4.78, 5) is 0. The molecule has 0 saturated heterocycles. The van der Waals surface area contributed by atoms with Gasteiger partial charge in [0.15, 0.2) is 0 Å². The number of allylic oxidation sites excluding steroid dienone is 4. The zero-order valence-corrected chi connectivity index (χ0v) is 6.68. The van der Waals surface area contributed by atoms with Gasteiger partial charge in [0, 0.05) is 5.92 Å². The highest BCUT2D eigenvalue weighted by atomic mass is 32.1. The van der Waals surface area contributed by atoms with Crippen LogP contribution in [0, 0.1) is 5.92 Å². The number of thiol groups is 1. The highest BCUT2D eigenvalue weighted by Crippen LogP contribution is 2.12. The summed E-state index contributed by atoms with van der Waals surface area (Å²) < 4.78 is 3.78. The molecule has 0 saturated carbocycles. The zero-order chi connectivity index (χ0) is 7.56. The number of hydrogen-bond acceptors (Lipinski definition) is 3. The average Bonchev–Trinajstić information content (AvgIpc) is 1.88. The Bertz CT molecular complexity index is 216. The molecule has 0 aromatic heterocycles. The Labute approximate surface area is 66.1 Å². The standard InChI is InChI=1S/C7H10N2S/c1-5-3-2-4-6(8)7(5)9-10/h2-5,10H,8H2,1H3. The van der Waals surface area contributed by atoms with Crippen LogP contribution in [0.4, 0.5) is 0 Å². The predicted octanol–water partition coefficient (Wildman–Crippen LogP) is 1.32. The molecule has 0 heterocycles. The van der Waals surface area contributed by atoms with Crippen LogP contribution < -0.4 is 5.73 Å². The van der Waals surface area contributed by atoms with Crippen molar-refractivity contribution in [2.45, 2.75) is 6.92 Å². The number of hydrogen-bond donors (Lipinski definition) is 2. The molecule has 54 valence electrons. The lowest BCUT2D eigenvalue weighted by Crippen LogP contribution is -2.19. The summed E-state index contributed by atoms with van der Waals surface area (Å²) in [5.74, 6) is 0.294. The number of rotatable bonds is 0. The lowest BCUT2D eigenvalue weighted by atomic mass is 9.98. The molecular weight excluding hydrogens is 144 g/mol. The molecule has 1 aliphatic carbocycles. The average molecular weight is 154 g/mol. The van der Waals surface area contributed by atoms with Crippen molar-refractivity contribution in [2.24, 2.45) is 16.0 Å². The second kappa shape index (κ2) is 2.92.